The van der Waals surface area contributed by atoms with E-state index in [-0.39, 0.29) is 0 Å². The fraction of sp³-hybridized carbons (Fsp3) is 0.375. The Morgan fingerprint density at radius 1 is 1.47 bits per heavy atom. The second-order valence-corrected chi connectivity index (χ2v) is 5.88. The summed E-state index contributed by atoms with van der Waals surface area (Å²) in [6, 6.07) is 3.99. The van der Waals surface area contributed by atoms with Crippen LogP contribution in [-0.2, 0) is 30.7 Å². The Kier molecular flexibility index (Phi) is 6.13. The van der Waals surface area contributed by atoms with Gasteiger partial charge in [0.25, 0.3) is 0 Å². The number of hydrogen-bond donors (Lipinski definition) is 2. The largest absolute Gasteiger partial charge is 0.411 e. The van der Waals surface area contributed by atoms with E-state index in [1.54, 1.807) is 4.68 Å². The van der Waals surface area contributed by atoms with Crippen molar-refractivity contribution in [1.29, 1.82) is 5.26 Å². The molecule has 19 heavy (non-hydrogen) atoms. The Bertz CT molecular complexity index is 638. The van der Waals surface area contributed by atoms with E-state index < -0.39 is 20.5 Å². The lowest BCUT2D eigenvalue weighted by Crippen LogP contribution is -2.10. The van der Waals surface area contributed by atoms with Gasteiger partial charge in [-0.3, -0.25) is 13.8 Å². The van der Waals surface area contributed by atoms with Gasteiger partial charge in [0.2, 0.25) is 10.1 Å². The van der Waals surface area contributed by atoms with E-state index in [9.17, 15) is 12.6 Å². The maximum atomic E-state index is 9.89. The van der Waals surface area contributed by atoms with Crippen molar-refractivity contribution in [3.05, 3.63) is 17.5 Å². The van der Waals surface area contributed by atoms with Gasteiger partial charge in [-0.05, 0) is 19.9 Å². The molecule has 0 aromatic carbocycles. The summed E-state index contributed by atoms with van der Waals surface area (Å²) >= 11 is 0. The molecule has 0 radical (unpaired) electrons. The van der Waals surface area contributed by atoms with E-state index in [4.69, 9.17) is 14.4 Å². The molecule has 0 fully saturated rings. The third-order valence-corrected chi connectivity index (χ3v) is 3.05. The van der Waals surface area contributed by atoms with E-state index in [1.807, 2.05) is 26.0 Å². The van der Waals surface area contributed by atoms with Crippen molar-refractivity contribution in [3.63, 3.8) is 0 Å². The van der Waals surface area contributed by atoms with Crippen LogP contribution < -0.4 is 0 Å². The van der Waals surface area contributed by atoms with Gasteiger partial charge in [-0.25, -0.2) is 4.21 Å². The fourth-order valence-electron chi connectivity index (χ4n) is 1.04. The molecule has 1 unspecified atom stereocenters. The summed E-state index contributed by atoms with van der Waals surface area (Å²) in [6.07, 6.45) is 0. The highest BCUT2D eigenvalue weighted by Gasteiger charge is 2.10. The number of nitriles is 1. The molecule has 0 amide bonds. The van der Waals surface area contributed by atoms with Crippen molar-refractivity contribution >= 4 is 26.4 Å². The Morgan fingerprint density at radius 3 is 2.21 bits per heavy atom. The molecule has 1 atom stereocenters. The van der Waals surface area contributed by atoms with Crippen LogP contribution in [0.3, 0.4) is 0 Å². The molecule has 1 heterocycles. The van der Waals surface area contributed by atoms with E-state index >= 15 is 0 Å². The van der Waals surface area contributed by atoms with Gasteiger partial charge in [0.05, 0.1) is 11.8 Å². The summed E-state index contributed by atoms with van der Waals surface area (Å²) < 4.78 is 49.6. The van der Waals surface area contributed by atoms with Gasteiger partial charge in [0, 0.05) is 11.6 Å². The minimum atomic E-state index is -4.87. The summed E-state index contributed by atoms with van der Waals surface area (Å²) in [6.45, 7) is 4.21. The summed E-state index contributed by atoms with van der Waals surface area (Å²) in [5.41, 5.74) is 2.01. The zero-order valence-electron chi connectivity index (χ0n) is 10.2. The van der Waals surface area contributed by atoms with Gasteiger partial charge in [-0.15, -0.1) is 3.63 Å². The van der Waals surface area contributed by atoms with Crippen LogP contribution in [0, 0.1) is 25.2 Å². The van der Waals surface area contributed by atoms with Crippen molar-refractivity contribution in [2.75, 3.05) is 0 Å². The minimum Gasteiger partial charge on any atom is -0.293 e. The zero-order valence-corrected chi connectivity index (χ0v) is 11.8. The second-order valence-electron chi connectivity index (χ2n) is 3.32. The number of nitrogens with zero attached hydrogens (tertiary/aromatic N) is 3. The predicted octanol–water partition coefficient (Wildman–Crippen LogP) is -0.0663. The topological polar surface area (TPSA) is 143 Å². The van der Waals surface area contributed by atoms with Crippen LogP contribution in [0.5, 0.6) is 0 Å². The second kappa shape index (κ2) is 6.64. The van der Waals surface area contributed by atoms with E-state index in [0.717, 1.165) is 11.4 Å². The van der Waals surface area contributed by atoms with Crippen molar-refractivity contribution in [1.82, 2.24) is 9.78 Å². The third-order valence-electron chi connectivity index (χ3n) is 1.52. The molecule has 1 aromatic rings. The molecule has 0 aliphatic heterocycles. The Hall–Kier alpha value is -1.45. The van der Waals surface area contributed by atoms with Crippen LogP contribution >= 0.6 is 0 Å². The van der Waals surface area contributed by atoms with Crippen molar-refractivity contribution in [3.8, 4) is 6.07 Å². The van der Waals surface area contributed by atoms with Crippen LogP contribution in [0.25, 0.3) is 0 Å². The summed E-state index contributed by atoms with van der Waals surface area (Å²) in [5.74, 6) is 2.38. The third kappa shape index (κ3) is 9.17. The molecule has 0 aliphatic carbocycles. The van der Waals surface area contributed by atoms with E-state index in [0.29, 0.717) is 6.54 Å². The minimum absolute atomic E-state index is 0.347. The van der Waals surface area contributed by atoms with Gasteiger partial charge >= 0.3 is 10.4 Å². The van der Waals surface area contributed by atoms with Crippen molar-refractivity contribution in [2.24, 2.45) is 0 Å². The molecule has 0 aliphatic rings. The molecule has 0 saturated carbocycles. The van der Waals surface area contributed by atoms with Gasteiger partial charge in [0.15, 0.2) is 0 Å². The lowest BCUT2D eigenvalue weighted by Gasteiger charge is -1.95. The highest BCUT2D eigenvalue weighted by atomic mass is 32.3. The average molecular weight is 311 g/mol. The van der Waals surface area contributed by atoms with Crippen molar-refractivity contribution < 1.29 is 25.4 Å². The molecule has 108 valence electrons. The predicted molar refractivity (Wildman–Crippen MR) is 67.8 cm³/mol. The first-order valence-corrected chi connectivity index (χ1v) is 7.58. The first-order chi connectivity index (χ1) is 8.44. The van der Waals surface area contributed by atoms with Gasteiger partial charge in [-0.1, -0.05) is 0 Å². The monoisotopic (exact) mass is 311 g/mol. The number of rotatable bonds is 3. The van der Waals surface area contributed by atoms with Crippen LogP contribution in [0.1, 0.15) is 11.4 Å². The summed E-state index contributed by atoms with van der Waals surface area (Å²) in [7, 11) is -8.99. The molecule has 9 nitrogen and oxygen atoms in total. The van der Waals surface area contributed by atoms with Gasteiger partial charge < -0.3 is 0 Å². The molecular weight excluding hydrogens is 298 g/mol. The van der Waals surface area contributed by atoms with Crippen molar-refractivity contribution in [2.45, 2.75) is 20.4 Å². The quantitative estimate of drug-likeness (QED) is 0.583. The zero-order chi connectivity index (χ0) is 15.3. The Balaban J connectivity index is 0.000000344. The summed E-state index contributed by atoms with van der Waals surface area (Å²) in [4.78, 5) is 0. The Labute approximate surface area is 111 Å². The maximum absolute atomic E-state index is 9.89. The maximum Gasteiger partial charge on any atom is 0.411 e. The van der Waals surface area contributed by atoms with Gasteiger partial charge in [0.1, 0.15) is 6.54 Å². The Morgan fingerprint density at radius 2 is 2.00 bits per heavy atom. The first kappa shape index (κ1) is 17.6. The molecular formula is C8H13N3O6S2. The lowest BCUT2D eigenvalue weighted by molar-refractivity contribution is 0.373. The van der Waals surface area contributed by atoms with Gasteiger partial charge in [-0.2, -0.15) is 18.8 Å². The number of aryl methyl sites for hydroxylation is 2. The van der Waals surface area contributed by atoms with E-state index in [1.165, 1.54) is 0 Å². The lowest BCUT2D eigenvalue weighted by atomic mass is 10.4. The van der Waals surface area contributed by atoms with E-state index in [2.05, 4.69) is 14.6 Å². The molecule has 0 spiro atoms. The van der Waals surface area contributed by atoms with Crippen LogP contribution in [0.15, 0.2) is 6.07 Å². The molecule has 1 aromatic heterocycles. The average Bonchev–Trinajstić information content (AvgIpc) is 2.40. The standard InChI is InChI=1S/C7H9N3.CH4O6S2/c1-6-5-7(2)10(9-6)4-3-8;1-8(2,3)7-9(4,5)6/h5H,4H2,1-2H3;1H2,(H,2,3)(H,4,5,6). The smallest absolute Gasteiger partial charge is 0.293 e. The molecule has 1 rings (SSSR count). The normalized spacial score (nSPS) is 13.8. The van der Waals surface area contributed by atoms with Crippen LogP contribution in [-0.4, -0.2) is 37.4 Å². The van der Waals surface area contributed by atoms with Crippen LogP contribution in [0.2, 0.25) is 0 Å². The number of hydrogen-bond acceptors (Lipinski definition) is 6. The summed E-state index contributed by atoms with van der Waals surface area (Å²) in [5, 5.41) is 12.4. The molecule has 0 saturated heterocycles. The molecule has 2 N–H and O–H groups in total. The SMILES string of the molecule is C=S(=O)(O)OS(=O)(=O)O.Cc1cc(C)n(CC#N)n1. The van der Waals surface area contributed by atoms with Crippen LogP contribution in [0.4, 0.5) is 0 Å². The fourth-order valence-corrected chi connectivity index (χ4v) is 2.11. The number of aromatic nitrogens is 2. The molecule has 0 bridgehead atoms. The molecule has 11 heteroatoms. The highest BCUT2D eigenvalue weighted by Crippen LogP contribution is 1.99. The first-order valence-electron chi connectivity index (χ1n) is 4.61. The highest BCUT2D eigenvalue weighted by molar-refractivity contribution is 7.99.